The van der Waals surface area contributed by atoms with Gasteiger partial charge in [0, 0.05) is 23.2 Å². The topological polar surface area (TPSA) is 70.2 Å². The van der Waals surface area contributed by atoms with E-state index in [1.165, 1.54) is 12.1 Å². The monoisotopic (exact) mass is 297 g/mol. The molecule has 0 aliphatic heterocycles. The van der Waals surface area contributed by atoms with E-state index < -0.39 is 4.92 Å². The Morgan fingerprint density at radius 3 is 2.76 bits per heavy atom. The average molecular weight is 298 g/mol. The van der Waals surface area contributed by atoms with Crippen LogP contribution in [0.2, 0.25) is 0 Å². The van der Waals surface area contributed by atoms with Crippen LogP contribution >= 0.6 is 15.9 Å². The van der Waals surface area contributed by atoms with Crippen LogP contribution in [0.15, 0.2) is 22.7 Å². The van der Waals surface area contributed by atoms with Gasteiger partial charge in [-0.15, -0.1) is 0 Å². The zero-order valence-corrected chi connectivity index (χ0v) is 11.1. The van der Waals surface area contributed by atoms with Crippen LogP contribution in [0.1, 0.15) is 12.5 Å². The van der Waals surface area contributed by atoms with Gasteiger partial charge in [-0.2, -0.15) is 5.26 Å². The Balaban J connectivity index is 2.87. The van der Waals surface area contributed by atoms with Crippen molar-refractivity contribution in [1.82, 2.24) is 4.90 Å². The lowest BCUT2D eigenvalue weighted by Gasteiger charge is -2.19. The van der Waals surface area contributed by atoms with Crippen molar-refractivity contribution in [2.75, 3.05) is 7.05 Å². The lowest BCUT2D eigenvalue weighted by molar-refractivity contribution is -0.384. The first-order valence-electron chi connectivity index (χ1n) is 4.98. The molecule has 0 radical (unpaired) electrons. The molecular weight excluding hydrogens is 286 g/mol. The molecule has 17 heavy (non-hydrogen) atoms. The Morgan fingerprint density at radius 1 is 1.65 bits per heavy atom. The fourth-order valence-corrected chi connectivity index (χ4v) is 1.77. The molecule has 0 saturated carbocycles. The first-order chi connectivity index (χ1) is 7.95. The summed E-state index contributed by atoms with van der Waals surface area (Å²) in [5.41, 5.74) is 0.969. The molecule has 1 unspecified atom stereocenters. The number of nitrogens with zero attached hydrogens (tertiary/aromatic N) is 3. The SMILES string of the molecule is CC(C#N)N(C)Cc1ccc([N+](=O)[O-])cc1Br. The largest absolute Gasteiger partial charge is 0.287 e. The molecule has 1 rings (SSSR count). The lowest BCUT2D eigenvalue weighted by Crippen LogP contribution is -2.27. The molecule has 0 N–H and O–H groups in total. The zero-order chi connectivity index (χ0) is 13.0. The molecule has 0 aromatic heterocycles. The van der Waals surface area contributed by atoms with E-state index in [9.17, 15) is 10.1 Å². The zero-order valence-electron chi connectivity index (χ0n) is 9.55. The highest BCUT2D eigenvalue weighted by Crippen LogP contribution is 2.24. The van der Waals surface area contributed by atoms with E-state index in [0.717, 1.165) is 5.56 Å². The van der Waals surface area contributed by atoms with Crippen molar-refractivity contribution >= 4 is 21.6 Å². The van der Waals surface area contributed by atoms with Gasteiger partial charge in [0.05, 0.1) is 17.0 Å². The summed E-state index contributed by atoms with van der Waals surface area (Å²) in [4.78, 5) is 12.0. The van der Waals surface area contributed by atoms with E-state index >= 15 is 0 Å². The fourth-order valence-electron chi connectivity index (χ4n) is 1.28. The number of hydrogen-bond acceptors (Lipinski definition) is 4. The van der Waals surface area contributed by atoms with Gasteiger partial charge in [-0.1, -0.05) is 15.9 Å². The molecule has 0 aliphatic carbocycles. The fraction of sp³-hybridized carbons (Fsp3) is 0.364. The van der Waals surface area contributed by atoms with Crippen molar-refractivity contribution in [2.24, 2.45) is 0 Å². The van der Waals surface area contributed by atoms with Gasteiger partial charge in [0.2, 0.25) is 0 Å². The van der Waals surface area contributed by atoms with Crippen LogP contribution < -0.4 is 0 Å². The predicted molar refractivity (Wildman–Crippen MR) is 67.3 cm³/mol. The molecule has 1 aromatic rings. The van der Waals surface area contributed by atoms with Gasteiger partial charge < -0.3 is 0 Å². The highest BCUT2D eigenvalue weighted by Gasteiger charge is 2.13. The van der Waals surface area contributed by atoms with Crippen LogP contribution in [-0.2, 0) is 6.54 Å². The standard InChI is InChI=1S/C11H12BrN3O2/c1-8(6-13)14(2)7-9-3-4-10(15(16)17)5-11(9)12/h3-5,8H,7H2,1-2H3. The molecule has 1 aromatic carbocycles. The molecule has 0 bridgehead atoms. The molecule has 6 heteroatoms. The van der Waals surface area contributed by atoms with Crippen molar-refractivity contribution in [1.29, 1.82) is 5.26 Å². The second kappa shape index (κ2) is 5.75. The molecular formula is C11H12BrN3O2. The smallest absolute Gasteiger partial charge is 0.270 e. The summed E-state index contributed by atoms with van der Waals surface area (Å²) in [7, 11) is 1.84. The molecule has 90 valence electrons. The summed E-state index contributed by atoms with van der Waals surface area (Å²) in [5.74, 6) is 0. The van der Waals surface area contributed by atoms with Crippen LogP contribution in [0, 0.1) is 21.4 Å². The van der Waals surface area contributed by atoms with Crippen molar-refractivity contribution < 1.29 is 4.92 Å². The highest BCUT2D eigenvalue weighted by atomic mass is 79.9. The lowest BCUT2D eigenvalue weighted by atomic mass is 10.2. The summed E-state index contributed by atoms with van der Waals surface area (Å²) in [6.07, 6.45) is 0. The van der Waals surface area contributed by atoms with E-state index in [1.54, 1.807) is 13.0 Å². The van der Waals surface area contributed by atoms with E-state index in [4.69, 9.17) is 5.26 Å². The molecule has 5 nitrogen and oxygen atoms in total. The molecule has 0 spiro atoms. The number of hydrogen-bond donors (Lipinski definition) is 0. The van der Waals surface area contributed by atoms with E-state index in [-0.39, 0.29) is 11.7 Å². The third-order valence-corrected chi connectivity index (χ3v) is 3.25. The normalized spacial score (nSPS) is 12.2. The van der Waals surface area contributed by atoms with Gasteiger partial charge in [-0.25, -0.2) is 0 Å². The second-order valence-corrected chi connectivity index (χ2v) is 4.61. The maximum atomic E-state index is 10.6. The first-order valence-corrected chi connectivity index (χ1v) is 5.77. The van der Waals surface area contributed by atoms with Crippen LogP contribution in [0.5, 0.6) is 0 Å². The van der Waals surface area contributed by atoms with Crippen molar-refractivity contribution in [3.63, 3.8) is 0 Å². The minimum Gasteiger partial charge on any atom is -0.287 e. The van der Waals surface area contributed by atoms with E-state index in [0.29, 0.717) is 11.0 Å². The van der Waals surface area contributed by atoms with Gasteiger partial charge in [0.25, 0.3) is 5.69 Å². The third kappa shape index (κ3) is 3.51. The minimum absolute atomic E-state index is 0.0524. The first kappa shape index (κ1) is 13.6. The number of non-ortho nitro benzene ring substituents is 1. The van der Waals surface area contributed by atoms with Gasteiger partial charge in [0.1, 0.15) is 0 Å². The van der Waals surface area contributed by atoms with Crippen LogP contribution in [-0.4, -0.2) is 22.9 Å². The maximum absolute atomic E-state index is 10.6. The summed E-state index contributed by atoms with van der Waals surface area (Å²) in [6.45, 7) is 2.37. The molecule has 0 aliphatic rings. The number of nitro benzene ring substituents is 1. The quantitative estimate of drug-likeness (QED) is 0.633. The molecule has 1 atom stereocenters. The number of benzene rings is 1. The van der Waals surface area contributed by atoms with Gasteiger partial charge in [-0.3, -0.25) is 15.0 Å². The van der Waals surface area contributed by atoms with E-state index in [1.807, 2.05) is 11.9 Å². The van der Waals surface area contributed by atoms with Gasteiger partial charge in [-0.05, 0) is 25.6 Å². The third-order valence-electron chi connectivity index (χ3n) is 2.52. The Kier molecular flexibility index (Phi) is 4.61. The molecule has 0 heterocycles. The Hall–Kier alpha value is -1.45. The molecule has 0 fully saturated rings. The van der Waals surface area contributed by atoms with Crippen LogP contribution in [0.25, 0.3) is 0 Å². The summed E-state index contributed by atoms with van der Waals surface area (Å²) in [6, 6.07) is 6.57. The number of halogens is 1. The Bertz CT molecular complexity index is 470. The number of rotatable bonds is 4. The number of nitro groups is 1. The number of nitriles is 1. The van der Waals surface area contributed by atoms with Crippen LogP contribution in [0.4, 0.5) is 5.69 Å². The van der Waals surface area contributed by atoms with Crippen molar-refractivity contribution in [3.05, 3.63) is 38.3 Å². The average Bonchev–Trinajstić information content (AvgIpc) is 2.30. The van der Waals surface area contributed by atoms with E-state index in [2.05, 4.69) is 22.0 Å². The summed E-state index contributed by atoms with van der Waals surface area (Å²) in [5, 5.41) is 19.3. The van der Waals surface area contributed by atoms with Crippen LogP contribution in [0.3, 0.4) is 0 Å². The summed E-state index contributed by atoms with van der Waals surface area (Å²) >= 11 is 3.30. The summed E-state index contributed by atoms with van der Waals surface area (Å²) < 4.78 is 0.684. The second-order valence-electron chi connectivity index (χ2n) is 3.75. The minimum atomic E-state index is -0.434. The van der Waals surface area contributed by atoms with Crippen molar-refractivity contribution in [2.45, 2.75) is 19.5 Å². The van der Waals surface area contributed by atoms with Gasteiger partial charge >= 0.3 is 0 Å². The molecule has 0 saturated heterocycles. The maximum Gasteiger partial charge on any atom is 0.270 e. The Labute approximate surface area is 108 Å². The highest BCUT2D eigenvalue weighted by molar-refractivity contribution is 9.10. The Morgan fingerprint density at radius 2 is 2.29 bits per heavy atom. The molecule has 0 amide bonds. The predicted octanol–water partition coefficient (Wildman–Crippen LogP) is 2.70. The van der Waals surface area contributed by atoms with Gasteiger partial charge in [0.15, 0.2) is 0 Å². The van der Waals surface area contributed by atoms with Crippen molar-refractivity contribution in [3.8, 4) is 6.07 Å².